The van der Waals surface area contributed by atoms with Crippen LogP contribution in [0.15, 0.2) is 36.4 Å². The van der Waals surface area contributed by atoms with Gasteiger partial charge in [0.25, 0.3) is 12.3 Å². The van der Waals surface area contributed by atoms with Gasteiger partial charge >= 0.3 is 0 Å². The van der Waals surface area contributed by atoms with Crippen molar-refractivity contribution >= 4 is 5.91 Å². The van der Waals surface area contributed by atoms with Crippen LogP contribution in [0.25, 0.3) is 16.9 Å². The van der Waals surface area contributed by atoms with Crippen molar-refractivity contribution in [2.24, 2.45) is 0 Å². The molecule has 1 aromatic heterocycles. The molecule has 5 nitrogen and oxygen atoms in total. The molecule has 2 heterocycles. The number of halogens is 3. The van der Waals surface area contributed by atoms with E-state index < -0.39 is 13.0 Å². The van der Waals surface area contributed by atoms with Crippen LogP contribution in [0.5, 0.6) is 0 Å². The van der Waals surface area contributed by atoms with Gasteiger partial charge in [0.05, 0.1) is 17.9 Å². The van der Waals surface area contributed by atoms with E-state index in [9.17, 15) is 18.0 Å². The number of hydrogen-bond donors (Lipinski definition) is 0. The quantitative estimate of drug-likeness (QED) is 0.683. The predicted molar refractivity (Wildman–Crippen MR) is 97.0 cm³/mol. The van der Waals surface area contributed by atoms with Gasteiger partial charge in [-0.2, -0.15) is 0 Å². The van der Waals surface area contributed by atoms with E-state index >= 15 is 0 Å². The number of nitrogens with zero attached hydrogens (tertiary/aromatic N) is 4. The molecule has 0 atom stereocenters. The van der Waals surface area contributed by atoms with Crippen LogP contribution in [-0.4, -0.2) is 38.8 Å². The Labute approximate surface area is 159 Å². The van der Waals surface area contributed by atoms with E-state index in [1.165, 1.54) is 12.1 Å². The predicted octanol–water partition coefficient (Wildman–Crippen LogP) is 3.91. The molecule has 144 valence electrons. The molecule has 2 aromatic carbocycles. The Bertz CT molecular complexity index is 1080. The number of rotatable bonds is 4. The number of alkyl halides is 2. The number of fused-ring (bicyclic) bond motifs is 1. The number of amides is 1. The molecule has 28 heavy (non-hydrogen) atoms. The maximum atomic E-state index is 13.4. The largest absolute Gasteiger partial charge is 0.329 e. The van der Waals surface area contributed by atoms with Crippen molar-refractivity contribution in [2.75, 3.05) is 6.54 Å². The van der Waals surface area contributed by atoms with Gasteiger partial charge in [-0.25, -0.2) is 17.9 Å². The van der Waals surface area contributed by atoms with Gasteiger partial charge in [0, 0.05) is 17.7 Å². The number of carbonyl (C=O) groups excluding carboxylic acids is 1. The van der Waals surface area contributed by atoms with Crippen molar-refractivity contribution in [1.29, 1.82) is 0 Å². The van der Waals surface area contributed by atoms with Gasteiger partial charge in [0.15, 0.2) is 0 Å². The van der Waals surface area contributed by atoms with E-state index in [0.29, 0.717) is 16.8 Å². The van der Waals surface area contributed by atoms with Gasteiger partial charge in [0.1, 0.15) is 11.5 Å². The molecule has 1 aliphatic heterocycles. The molecular weight excluding hydrogens is 369 g/mol. The topological polar surface area (TPSA) is 51.0 Å². The van der Waals surface area contributed by atoms with E-state index in [0.717, 1.165) is 27.4 Å². The molecule has 4 rings (SSSR count). The van der Waals surface area contributed by atoms with Gasteiger partial charge in [-0.1, -0.05) is 11.3 Å². The van der Waals surface area contributed by atoms with Crippen LogP contribution in [0.1, 0.15) is 27.2 Å². The lowest BCUT2D eigenvalue weighted by molar-refractivity contribution is 0.0577. The van der Waals surface area contributed by atoms with Gasteiger partial charge in [0.2, 0.25) is 0 Å². The van der Waals surface area contributed by atoms with Gasteiger partial charge in [-0.15, -0.1) is 5.10 Å². The first-order valence-corrected chi connectivity index (χ1v) is 8.74. The smallest absolute Gasteiger partial charge is 0.255 e. The highest BCUT2D eigenvalue weighted by atomic mass is 19.3. The molecular formula is C20H17F3N4O. The fourth-order valence-electron chi connectivity index (χ4n) is 3.52. The summed E-state index contributed by atoms with van der Waals surface area (Å²) < 4.78 is 40.3. The van der Waals surface area contributed by atoms with Crippen LogP contribution < -0.4 is 0 Å². The highest BCUT2D eigenvalue weighted by Crippen LogP contribution is 2.30. The second-order valence-corrected chi connectivity index (χ2v) is 6.81. The SMILES string of the molecule is Cc1cc(F)ccc1-n1nnc(-c2ccc3c(c2)CN(CC(F)F)C3=O)c1C. The Kier molecular flexibility index (Phi) is 4.41. The van der Waals surface area contributed by atoms with E-state index in [4.69, 9.17) is 0 Å². The molecule has 1 aliphatic rings. The molecule has 0 aliphatic carbocycles. The maximum Gasteiger partial charge on any atom is 0.255 e. The fraction of sp³-hybridized carbons (Fsp3) is 0.250. The van der Waals surface area contributed by atoms with Crippen LogP contribution in [-0.2, 0) is 6.54 Å². The lowest BCUT2D eigenvalue weighted by atomic mass is 10.0. The monoisotopic (exact) mass is 386 g/mol. The third-order valence-corrected chi connectivity index (χ3v) is 4.90. The molecule has 0 spiro atoms. The van der Waals surface area contributed by atoms with E-state index in [1.807, 2.05) is 6.92 Å². The Morgan fingerprint density at radius 3 is 2.64 bits per heavy atom. The molecule has 0 unspecified atom stereocenters. The molecule has 0 bridgehead atoms. The van der Waals surface area contributed by atoms with Gasteiger partial charge < -0.3 is 4.90 Å². The average Bonchev–Trinajstić information content (AvgIpc) is 3.15. The summed E-state index contributed by atoms with van der Waals surface area (Å²) in [5, 5.41) is 8.42. The normalized spacial score (nSPS) is 13.5. The summed E-state index contributed by atoms with van der Waals surface area (Å²) in [5.74, 6) is -0.708. The van der Waals surface area contributed by atoms with Crippen LogP contribution in [0.4, 0.5) is 13.2 Å². The van der Waals surface area contributed by atoms with Crippen molar-refractivity contribution in [3.63, 3.8) is 0 Å². The van der Waals surface area contributed by atoms with Gasteiger partial charge in [-0.3, -0.25) is 4.79 Å². The summed E-state index contributed by atoms with van der Waals surface area (Å²) in [5.41, 5.74) is 4.68. The number of aryl methyl sites for hydroxylation is 1. The molecule has 0 fully saturated rings. The molecule has 3 aromatic rings. The molecule has 0 radical (unpaired) electrons. The number of aromatic nitrogens is 3. The number of carbonyl (C=O) groups is 1. The summed E-state index contributed by atoms with van der Waals surface area (Å²) in [6, 6.07) is 9.59. The zero-order chi connectivity index (χ0) is 20.0. The minimum Gasteiger partial charge on any atom is -0.329 e. The van der Waals surface area contributed by atoms with E-state index in [2.05, 4.69) is 10.3 Å². The second kappa shape index (κ2) is 6.78. The van der Waals surface area contributed by atoms with Crippen molar-refractivity contribution in [1.82, 2.24) is 19.9 Å². The van der Waals surface area contributed by atoms with E-state index in [1.54, 1.807) is 35.9 Å². The molecule has 8 heteroatoms. The molecule has 1 amide bonds. The van der Waals surface area contributed by atoms with Crippen molar-refractivity contribution in [3.8, 4) is 16.9 Å². The third kappa shape index (κ3) is 3.04. The highest BCUT2D eigenvalue weighted by molar-refractivity contribution is 5.99. The van der Waals surface area contributed by atoms with Crippen LogP contribution in [0.3, 0.4) is 0 Å². The first-order chi connectivity index (χ1) is 13.3. The first-order valence-electron chi connectivity index (χ1n) is 8.74. The van der Waals surface area contributed by atoms with Crippen LogP contribution in [0.2, 0.25) is 0 Å². The molecule has 0 saturated carbocycles. The lowest BCUT2D eigenvalue weighted by Crippen LogP contribution is -2.29. The Morgan fingerprint density at radius 1 is 1.14 bits per heavy atom. The minimum atomic E-state index is -2.57. The summed E-state index contributed by atoms with van der Waals surface area (Å²) in [4.78, 5) is 13.4. The Hall–Kier alpha value is -3.16. The van der Waals surface area contributed by atoms with Crippen molar-refractivity contribution in [3.05, 3.63) is 64.6 Å². The van der Waals surface area contributed by atoms with Gasteiger partial charge in [-0.05, 0) is 55.3 Å². The Balaban J connectivity index is 1.69. The number of hydrogen-bond acceptors (Lipinski definition) is 3. The van der Waals surface area contributed by atoms with Crippen molar-refractivity contribution in [2.45, 2.75) is 26.8 Å². The number of benzene rings is 2. The summed E-state index contributed by atoms with van der Waals surface area (Å²) in [6.45, 7) is 3.20. The summed E-state index contributed by atoms with van der Waals surface area (Å²) in [7, 11) is 0. The summed E-state index contributed by atoms with van der Waals surface area (Å²) in [6.07, 6.45) is -2.57. The standard InChI is InChI=1S/C20H17F3N4O/c1-11-7-15(21)4-6-17(11)27-12(2)19(24-25-27)13-3-5-16-14(8-13)9-26(20(16)28)10-18(22)23/h3-8,18H,9-10H2,1-2H3. The second-order valence-electron chi connectivity index (χ2n) is 6.81. The highest BCUT2D eigenvalue weighted by Gasteiger charge is 2.29. The van der Waals surface area contributed by atoms with Crippen molar-refractivity contribution < 1.29 is 18.0 Å². The zero-order valence-electron chi connectivity index (χ0n) is 15.3. The minimum absolute atomic E-state index is 0.149. The first kappa shape index (κ1) is 18.2. The fourth-order valence-corrected chi connectivity index (χ4v) is 3.52. The maximum absolute atomic E-state index is 13.4. The van der Waals surface area contributed by atoms with Crippen LogP contribution in [0, 0.1) is 19.7 Å². The summed E-state index contributed by atoms with van der Waals surface area (Å²) >= 11 is 0. The Morgan fingerprint density at radius 2 is 1.93 bits per heavy atom. The molecule has 0 saturated heterocycles. The average molecular weight is 386 g/mol. The third-order valence-electron chi connectivity index (χ3n) is 4.90. The van der Waals surface area contributed by atoms with Crippen LogP contribution >= 0.6 is 0 Å². The lowest BCUT2D eigenvalue weighted by Gasteiger charge is -2.13. The van der Waals surface area contributed by atoms with E-state index in [-0.39, 0.29) is 18.3 Å². The molecule has 0 N–H and O–H groups in total. The zero-order valence-corrected chi connectivity index (χ0v) is 15.3.